The average molecular weight is 241 g/mol. The average Bonchev–Trinajstić information content (AvgIpc) is 2.49. The van der Waals surface area contributed by atoms with Crippen LogP contribution in [0.15, 0.2) is 33.4 Å². The van der Waals surface area contributed by atoms with Gasteiger partial charge in [0, 0.05) is 9.86 Å². The first-order valence-corrected chi connectivity index (χ1v) is 4.38. The fourth-order valence-corrected chi connectivity index (χ4v) is 1.68. The molecule has 3 nitrogen and oxygen atoms in total. The first kappa shape index (κ1) is 8.31. The molecule has 0 unspecified atom stereocenters. The van der Waals surface area contributed by atoms with Gasteiger partial charge in [-0.1, -0.05) is 15.9 Å². The summed E-state index contributed by atoms with van der Waals surface area (Å²) in [6.07, 6.45) is 1.48. The van der Waals surface area contributed by atoms with E-state index >= 15 is 0 Å². The third kappa shape index (κ3) is 1.33. The summed E-state index contributed by atoms with van der Waals surface area (Å²) in [6.45, 7) is 0. The highest BCUT2D eigenvalue weighted by Crippen LogP contribution is 2.25. The number of halogens is 1. The van der Waals surface area contributed by atoms with Gasteiger partial charge in [0.25, 0.3) is 0 Å². The summed E-state index contributed by atoms with van der Waals surface area (Å²) in [6, 6.07) is 5.06. The monoisotopic (exact) mass is 240 g/mol. The number of carbonyl (C=O) groups is 1. The zero-order valence-electron chi connectivity index (χ0n) is 6.45. The molecule has 1 N–H and O–H groups in total. The zero-order valence-corrected chi connectivity index (χ0v) is 8.04. The highest BCUT2D eigenvalue weighted by molar-refractivity contribution is 9.10. The summed E-state index contributed by atoms with van der Waals surface area (Å²) in [5.41, 5.74) is 0.588. The van der Waals surface area contributed by atoms with Gasteiger partial charge in [0.05, 0.1) is 6.26 Å². The Morgan fingerprint density at radius 3 is 2.92 bits per heavy atom. The predicted molar refractivity (Wildman–Crippen MR) is 50.9 cm³/mol. The maximum atomic E-state index is 10.8. The smallest absolute Gasteiger partial charge is 0.339 e. The van der Waals surface area contributed by atoms with Gasteiger partial charge in [-0.2, -0.15) is 0 Å². The normalized spacial score (nSPS) is 10.5. The van der Waals surface area contributed by atoms with Gasteiger partial charge in [0.2, 0.25) is 0 Å². The molecular weight excluding hydrogens is 236 g/mol. The van der Waals surface area contributed by atoms with E-state index in [0.29, 0.717) is 5.58 Å². The summed E-state index contributed by atoms with van der Waals surface area (Å²) in [5, 5.41) is 9.63. The number of furan rings is 1. The number of rotatable bonds is 1. The molecule has 1 heterocycles. The lowest BCUT2D eigenvalue weighted by molar-refractivity contribution is 0.0698. The van der Waals surface area contributed by atoms with Crippen LogP contribution in [0.25, 0.3) is 11.0 Å². The SMILES string of the molecule is O=C(O)c1cc(Br)cc2ccoc12. The van der Waals surface area contributed by atoms with Crippen molar-refractivity contribution in [3.8, 4) is 0 Å². The van der Waals surface area contributed by atoms with E-state index in [-0.39, 0.29) is 5.56 Å². The highest BCUT2D eigenvalue weighted by Gasteiger charge is 2.11. The molecule has 2 rings (SSSR count). The van der Waals surface area contributed by atoms with Crippen LogP contribution in [-0.4, -0.2) is 11.1 Å². The van der Waals surface area contributed by atoms with Gasteiger partial charge in [-0.05, 0) is 18.2 Å². The Labute approximate surface area is 82.1 Å². The Balaban J connectivity index is 2.84. The second-order valence-corrected chi connectivity index (χ2v) is 3.51. The Morgan fingerprint density at radius 2 is 2.23 bits per heavy atom. The molecule has 1 aromatic carbocycles. The fraction of sp³-hybridized carbons (Fsp3) is 0. The van der Waals surface area contributed by atoms with Crippen molar-refractivity contribution in [2.24, 2.45) is 0 Å². The van der Waals surface area contributed by atoms with E-state index in [1.807, 2.05) is 6.07 Å². The molecule has 0 saturated carbocycles. The van der Waals surface area contributed by atoms with Crippen molar-refractivity contribution >= 4 is 32.9 Å². The van der Waals surface area contributed by atoms with E-state index in [2.05, 4.69) is 15.9 Å². The Kier molecular flexibility index (Phi) is 1.84. The van der Waals surface area contributed by atoms with Gasteiger partial charge >= 0.3 is 5.97 Å². The number of fused-ring (bicyclic) bond motifs is 1. The Morgan fingerprint density at radius 1 is 1.46 bits per heavy atom. The molecule has 13 heavy (non-hydrogen) atoms. The lowest BCUT2D eigenvalue weighted by Gasteiger charge is -1.96. The molecular formula is C9H5BrO3. The van der Waals surface area contributed by atoms with Crippen LogP contribution in [0.1, 0.15) is 10.4 Å². The van der Waals surface area contributed by atoms with Gasteiger partial charge in [-0.25, -0.2) is 4.79 Å². The summed E-state index contributed by atoms with van der Waals surface area (Å²) in [7, 11) is 0. The molecule has 0 saturated heterocycles. The van der Waals surface area contributed by atoms with Gasteiger partial charge in [-0.3, -0.25) is 0 Å². The van der Waals surface area contributed by atoms with Crippen LogP contribution >= 0.6 is 15.9 Å². The van der Waals surface area contributed by atoms with E-state index in [1.165, 1.54) is 12.3 Å². The number of hydrogen-bond donors (Lipinski definition) is 1. The Hall–Kier alpha value is -1.29. The molecule has 0 amide bonds. The van der Waals surface area contributed by atoms with Crippen molar-refractivity contribution in [1.82, 2.24) is 0 Å². The molecule has 0 spiro atoms. The third-order valence-corrected chi connectivity index (χ3v) is 2.20. The largest absolute Gasteiger partial charge is 0.478 e. The van der Waals surface area contributed by atoms with Crippen molar-refractivity contribution in [3.63, 3.8) is 0 Å². The van der Waals surface area contributed by atoms with Gasteiger partial charge in [0.1, 0.15) is 11.1 Å². The minimum atomic E-state index is -0.985. The quantitative estimate of drug-likeness (QED) is 0.834. The molecule has 4 heteroatoms. The second-order valence-electron chi connectivity index (χ2n) is 2.60. The number of benzene rings is 1. The summed E-state index contributed by atoms with van der Waals surface area (Å²) >= 11 is 3.23. The number of carboxylic acids is 1. The van der Waals surface area contributed by atoms with Gasteiger partial charge < -0.3 is 9.52 Å². The topological polar surface area (TPSA) is 50.4 Å². The fourth-order valence-electron chi connectivity index (χ4n) is 1.20. The molecule has 2 aromatic rings. The van der Waals surface area contributed by atoms with Crippen LogP contribution < -0.4 is 0 Å². The van der Waals surface area contributed by atoms with Gasteiger partial charge in [-0.15, -0.1) is 0 Å². The Bertz CT molecular complexity index is 473. The summed E-state index contributed by atoms with van der Waals surface area (Å²) in [5.74, 6) is -0.985. The minimum Gasteiger partial charge on any atom is -0.478 e. The standard InChI is InChI=1S/C9H5BrO3/c10-6-3-5-1-2-13-8(5)7(4-6)9(11)12/h1-4H,(H,11,12). The highest BCUT2D eigenvalue weighted by atomic mass is 79.9. The van der Waals surface area contributed by atoms with Crippen LogP contribution in [0.3, 0.4) is 0 Å². The maximum absolute atomic E-state index is 10.8. The predicted octanol–water partition coefficient (Wildman–Crippen LogP) is 2.89. The number of carboxylic acid groups (broad SMARTS) is 1. The zero-order chi connectivity index (χ0) is 9.42. The van der Waals surface area contributed by atoms with E-state index in [0.717, 1.165) is 9.86 Å². The van der Waals surface area contributed by atoms with Crippen molar-refractivity contribution in [2.45, 2.75) is 0 Å². The first-order chi connectivity index (χ1) is 6.18. The van der Waals surface area contributed by atoms with E-state index in [4.69, 9.17) is 9.52 Å². The van der Waals surface area contributed by atoms with E-state index in [9.17, 15) is 4.79 Å². The molecule has 66 valence electrons. The van der Waals surface area contributed by atoms with Crippen LogP contribution in [0.5, 0.6) is 0 Å². The number of hydrogen-bond acceptors (Lipinski definition) is 2. The summed E-state index contributed by atoms with van der Waals surface area (Å²) < 4.78 is 5.80. The van der Waals surface area contributed by atoms with Crippen molar-refractivity contribution < 1.29 is 14.3 Å². The van der Waals surface area contributed by atoms with E-state index < -0.39 is 5.97 Å². The number of aromatic carboxylic acids is 1. The van der Waals surface area contributed by atoms with Crippen LogP contribution in [0.4, 0.5) is 0 Å². The van der Waals surface area contributed by atoms with Crippen molar-refractivity contribution in [1.29, 1.82) is 0 Å². The molecule has 1 aromatic heterocycles. The molecule has 0 fully saturated rings. The van der Waals surface area contributed by atoms with Crippen LogP contribution in [0.2, 0.25) is 0 Å². The van der Waals surface area contributed by atoms with Gasteiger partial charge in [0.15, 0.2) is 0 Å². The molecule has 0 aliphatic heterocycles. The van der Waals surface area contributed by atoms with Crippen molar-refractivity contribution in [3.05, 3.63) is 34.5 Å². The lowest BCUT2D eigenvalue weighted by atomic mass is 10.1. The van der Waals surface area contributed by atoms with E-state index in [1.54, 1.807) is 6.07 Å². The molecule has 0 aliphatic rings. The van der Waals surface area contributed by atoms with Crippen LogP contribution in [-0.2, 0) is 0 Å². The third-order valence-electron chi connectivity index (χ3n) is 1.75. The molecule has 0 bridgehead atoms. The summed E-state index contributed by atoms with van der Waals surface area (Å²) in [4.78, 5) is 10.8. The van der Waals surface area contributed by atoms with Crippen molar-refractivity contribution in [2.75, 3.05) is 0 Å². The second kappa shape index (κ2) is 2.88. The molecule has 0 aliphatic carbocycles. The lowest BCUT2D eigenvalue weighted by Crippen LogP contribution is -1.96. The van der Waals surface area contributed by atoms with Crippen LogP contribution in [0, 0.1) is 0 Å². The minimum absolute atomic E-state index is 0.175. The maximum Gasteiger partial charge on any atom is 0.339 e. The molecule has 0 radical (unpaired) electrons. The first-order valence-electron chi connectivity index (χ1n) is 3.58. The molecule has 0 atom stereocenters.